The van der Waals surface area contributed by atoms with Crippen LogP contribution in [0.25, 0.3) is 0 Å². The van der Waals surface area contributed by atoms with Crippen LogP contribution in [0.5, 0.6) is 0 Å². The average Bonchev–Trinajstić information content (AvgIpc) is 2.26. The fourth-order valence-corrected chi connectivity index (χ4v) is 0.998. The summed E-state index contributed by atoms with van der Waals surface area (Å²) < 4.78 is 35.0. The molecule has 94 valence electrons. The summed E-state index contributed by atoms with van der Waals surface area (Å²) in [6, 6.07) is 8.12. The first-order chi connectivity index (χ1) is 7.97. The molecule has 7 heteroatoms. The van der Waals surface area contributed by atoms with Crippen LogP contribution in [-0.4, -0.2) is 18.8 Å². The van der Waals surface area contributed by atoms with Gasteiger partial charge < -0.3 is 5.32 Å². The number of halogens is 3. The van der Waals surface area contributed by atoms with Gasteiger partial charge in [0.2, 0.25) is 0 Å². The minimum absolute atomic E-state index is 0.210. The number of carbonyl (C=O) groups excluding carboxylic acids is 1. The van der Waals surface area contributed by atoms with Gasteiger partial charge in [-0.25, -0.2) is 10.3 Å². The van der Waals surface area contributed by atoms with Crippen LogP contribution < -0.4 is 10.8 Å². The van der Waals surface area contributed by atoms with Gasteiger partial charge in [-0.1, -0.05) is 30.3 Å². The fourth-order valence-electron chi connectivity index (χ4n) is 0.998. The highest BCUT2D eigenvalue weighted by Gasteiger charge is 2.28. The normalized spacial score (nSPS) is 11.0. The van der Waals surface area contributed by atoms with Gasteiger partial charge in [0.15, 0.2) is 6.61 Å². The molecule has 1 aromatic carbocycles. The number of urea groups is 1. The summed E-state index contributed by atoms with van der Waals surface area (Å²) in [5, 5.41) is 2.34. The molecule has 0 aliphatic carbocycles. The van der Waals surface area contributed by atoms with Gasteiger partial charge in [-0.15, -0.1) is 0 Å². The Kier molecular flexibility index (Phi) is 4.77. The molecule has 0 fully saturated rings. The number of amides is 2. The number of nitrogens with one attached hydrogen (secondary N) is 2. The summed E-state index contributed by atoms with van der Waals surface area (Å²) in [5.41, 5.74) is 2.47. The Bertz CT molecular complexity index is 354. The smallest absolute Gasteiger partial charge is 0.332 e. The summed E-state index contributed by atoms with van der Waals surface area (Å²) in [5.74, 6) is 0. The van der Waals surface area contributed by atoms with Crippen molar-refractivity contribution in [1.82, 2.24) is 10.8 Å². The van der Waals surface area contributed by atoms with Gasteiger partial charge in [0.05, 0.1) is 0 Å². The second-order valence-electron chi connectivity index (χ2n) is 3.17. The number of rotatable bonds is 4. The van der Waals surface area contributed by atoms with E-state index in [1.54, 1.807) is 29.7 Å². The van der Waals surface area contributed by atoms with Gasteiger partial charge in [0.1, 0.15) is 0 Å². The number of carbonyl (C=O) groups is 1. The van der Waals surface area contributed by atoms with Crippen LogP contribution in [0, 0.1) is 0 Å². The topological polar surface area (TPSA) is 50.4 Å². The average molecular weight is 248 g/mol. The van der Waals surface area contributed by atoms with Crippen LogP contribution in [-0.2, 0) is 11.4 Å². The first kappa shape index (κ1) is 13.3. The third-order valence-corrected chi connectivity index (χ3v) is 1.70. The van der Waals surface area contributed by atoms with Gasteiger partial charge in [0, 0.05) is 6.54 Å². The minimum Gasteiger partial charge on any atom is -0.332 e. The number of hydrogen-bond donors (Lipinski definition) is 2. The van der Waals surface area contributed by atoms with E-state index in [0.717, 1.165) is 5.56 Å². The molecule has 0 atom stereocenters. The molecule has 0 bridgehead atoms. The second kappa shape index (κ2) is 6.09. The molecule has 4 nitrogen and oxygen atoms in total. The van der Waals surface area contributed by atoms with Crippen molar-refractivity contribution >= 4 is 6.03 Å². The van der Waals surface area contributed by atoms with E-state index in [9.17, 15) is 18.0 Å². The molecule has 0 aliphatic rings. The molecule has 0 heterocycles. The van der Waals surface area contributed by atoms with Crippen molar-refractivity contribution in [2.24, 2.45) is 0 Å². The Hall–Kier alpha value is -1.76. The number of hydroxylamine groups is 1. The lowest BCUT2D eigenvalue weighted by molar-refractivity contribution is -0.184. The van der Waals surface area contributed by atoms with Crippen LogP contribution in [0.3, 0.4) is 0 Å². The van der Waals surface area contributed by atoms with Gasteiger partial charge in [-0.2, -0.15) is 13.2 Å². The predicted octanol–water partition coefficient (Wildman–Crippen LogP) is 1.98. The zero-order valence-corrected chi connectivity index (χ0v) is 8.75. The quantitative estimate of drug-likeness (QED) is 0.800. The molecule has 0 unspecified atom stereocenters. The molecule has 0 aliphatic heterocycles. The van der Waals surface area contributed by atoms with Gasteiger partial charge in [-0.3, -0.25) is 4.84 Å². The summed E-state index contributed by atoms with van der Waals surface area (Å²) in [6.45, 7) is -1.31. The van der Waals surface area contributed by atoms with Crippen LogP contribution in [0.2, 0.25) is 0 Å². The van der Waals surface area contributed by atoms with E-state index in [-0.39, 0.29) is 6.54 Å². The van der Waals surface area contributed by atoms with E-state index in [4.69, 9.17) is 0 Å². The lowest BCUT2D eigenvalue weighted by Gasteiger charge is -2.09. The van der Waals surface area contributed by atoms with Gasteiger partial charge in [-0.05, 0) is 5.56 Å². The molecule has 0 aromatic heterocycles. The highest BCUT2D eigenvalue weighted by molar-refractivity contribution is 5.72. The van der Waals surface area contributed by atoms with Gasteiger partial charge in [0.25, 0.3) is 0 Å². The fraction of sp³-hybridized carbons (Fsp3) is 0.300. The van der Waals surface area contributed by atoms with Crippen molar-refractivity contribution < 1.29 is 22.8 Å². The van der Waals surface area contributed by atoms with Crippen molar-refractivity contribution in [3.63, 3.8) is 0 Å². The van der Waals surface area contributed by atoms with Crippen LogP contribution in [0.15, 0.2) is 30.3 Å². The molecule has 0 spiro atoms. The van der Waals surface area contributed by atoms with E-state index in [2.05, 4.69) is 10.2 Å². The number of benzene rings is 1. The molecule has 0 saturated carbocycles. The zero-order chi connectivity index (χ0) is 12.7. The Morgan fingerprint density at radius 1 is 1.24 bits per heavy atom. The molecule has 1 rings (SSSR count). The van der Waals surface area contributed by atoms with Crippen LogP contribution in [0.1, 0.15) is 5.56 Å². The first-order valence-electron chi connectivity index (χ1n) is 4.74. The van der Waals surface area contributed by atoms with Crippen molar-refractivity contribution in [1.29, 1.82) is 0 Å². The summed E-state index contributed by atoms with van der Waals surface area (Å²) >= 11 is 0. The molecule has 0 radical (unpaired) electrons. The van der Waals surface area contributed by atoms with Crippen molar-refractivity contribution in [3.8, 4) is 0 Å². The minimum atomic E-state index is -4.47. The van der Waals surface area contributed by atoms with E-state index in [1.165, 1.54) is 0 Å². The zero-order valence-electron chi connectivity index (χ0n) is 8.75. The molecule has 1 aromatic rings. The maximum absolute atomic E-state index is 11.7. The predicted molar refractivity (Wildman–Crippen MR) is 53.8 cm³/mol. The number of hydrogen-bond acceptors (Lipinski definition) is 2. The Morgan fingerprint density at radius 3 is 2.47 bits per heavy atom. The Morgan fingerprint density at radius 2 is 1.88 bits per heavy atom. The third kappa shape index (κ3) is 6.41. The van der Waals surface area contributed by atoms with E-state index < -0.39 is 18.8 Å². The molecular formula is C10H11F3N2O2. The summed E-state index contributed by atoms with van der Waals surface area (Å²) in [7, 11) is 0. The van der Waals surface area contributed by atoms with E-state index in [1.807, 2.05) is 6.07 Å². The molecular weight excluding hydrogens is 237 g/mol. The van der Waals surface area contributed by atoms with Crippen LogP contribution in [0.4, 0.5) is 18.0 Å². The maximum Gasteiger partial charge on any atom is 0.414 e. The Labute approximate surface area is 95.7 Å². The largest absolute Gasteiger partial charge is 0.414 e. The number of alkyl halides is 3. The third-order valence-electron chi connectivity index (χ3n) is 1.70. The van der Waals surface area contributed by atoms with Crippen molar-refractivity contribution in [2.45, 2.75) is 12.7 Å². The monoisotopic (exact) mass is 248 g/mol. The standard InChI is InChI=1S/C10H11F3N2O2/c11-10(12,13)7-17-15-9(16)14-6-8-4-2-1-3-5-8/h1-5H,6-7H2,(H2,14,15,16). The second-order valence-corrected chi connectivity index (χ2v) is 3.17. The lowest BCUT2D eigenvalue weighted by Crippen LogP contribution is -2.37. The van der Waals surface area contributed by atoms with E-state index in [0.29, 0.717) is 0 Å². The first-order valence-corrected chi connectivity index (χ1v) is 4.74. The molecule has 0 saturated heterocycles. The highest BCUT2D eigenvalue weighted by atomic mass is 19.4. The SMILES string of the molecule is O=C(NCc1ccccc1)NOCC(F)(F)F. The molecule has 2 N–H and O–H groups in total. The van der Waals surface area contributed by atoms with Crippen LogP contribution >= 0.6 is 0 Å². The summed E-state index contributed by atoms with van der Waals surface area (Å²) in [6.07, 6.45) is -4.47. The highest BCUT2D eigenvalue weighted by Crippen LogP contribution is 2.13. The lowest BCUT2D eigenvalue weighted by atomic mass is 10.2. The maximum atomic E-state index is 11.7. The van der Waals surface area contributed by atoms with Crippen molar-refractivity contribution in [2.75, 3.05) is 6.61 Å². The Balaban J connectivity index is 2.18. The van der Waals surface area contributed by atoms with Gasteiger partial charge >= 0.3 is 12.2 Å². The van der Waals surface area contributed by atoms with E-state index >= 15 is 0 Å². The molecule has 2 amide bonds. The summed E-state index contributed by atoms with van der Waals surface area (Å²) in [4.78, 5) is 14.9. The van der Waals surface area contributed by atoms with Crippen molar-refractivity contribution in [3.05, 3.63) is 35.9 Å². The molecule has 17 heavy (non-hydrogen) atoms.